The summed E-state index contributed by atoms with van der Waals surface area (Å²) in [7, 11) is 0. The molecule has 0 saturated heterocycles. The summed E-state index contributed by atoms with van der Waals surface area (Å²) in [5.74, 6) is 0. The van der Waals surface area contributed by atoms with Crippen LogP contribution < -0.4 is 10.6 Å². The lowest BCUT2D eigenvalue weighted by Gasteiger charge is -2.08. The molecule has 0 aliphatic rings. The van der Waals surface area contributed by atoms with Gasteiger partial charge in [-0.2, -0.15) is 0 Å². The topological polar surface area (TPSA) is 70.6 Å². The van der Waals surface area contributed by atoms with Gasteiger partial charge in [0.25, 0.3) is 0 Å². The summed E-state index contributed by atoms with van der Waals surface area (Å²) in [5, 5.41) is 14.2. The minimum absolute atomic E-state index is 0.217. The summed E-state index contributed by atoms with van der Waals surface area (Å²) in [6.45, 7) is 5.77. The van der Waals surface area contributed by atoms with Gasteiger partial charge in [0.15, 0.2) is 0 Å². The van der Waals surface area contributed by atoms with Crippen molar-refractivity contribution in [1.82, 2.24) is 10.6 Å². The Morgan fingerprint density at radius 2 is 2.07 bits per heavy atom. The van der Waals surface area contributed by atoms with E-state index in [9.17, 15) is 4.79 Å². The van der Waals surface area contributed by atoms with E-state index in [-0.39, 0.29) is 12.1 Å². The van der Waals surface area contributed by atoms with Gasteiger partial charge < -0.3 is 20.5 Å². The van der Waals surface area contributed by atoms with Gasteiger partial charge in [-0.3, -0.25) is 0 Å². The minimum atomic E-state index is -0.376. The molecule has 5 nitrogen and oxygen atoms in total. The Bertz CT molecular complexity index is 151. The smallest absolute Gasteiger partial charge is 0.314 e. The molecule has 5 heteroatoms. The van der Waals surface area contributed by atoms with Crippen LogP contribution in [0.4, 0.5) is 4.79 Å². The Labute approximate surface area is 84.8 Å². The molecule has 0 bridgehead atoms. The van der Waals surface area contributed by atoms with Gasteiger partial charge >= 0.3 is 6.03 Å². The lowest BCUT2D eigenvalue weighted by Crippen LogP contribution is -2.38. The van der Waals surface area contributed by atoms with E-state index in [1.165, 1.54) is 0 Å². The zero-order valence-corrected chi connectivity index (χ0v) is 8.88. The zero-order chi connectivity index (χ0) is 10.8. The van der Waals surface area contributed by atoms with Gasteiger partial charge in [-0.05, 0) is 20.3 Å². The van der Waals surface area contributed by atoms with Crippen LogP contribution in [0.25, 0.3) is 0 Å². The second kappa shape index (κ2) is 8.77. The maximum Gasteiger partial charge on any atom is 0.314 e. The Kier molecular flexibility index (Phi) is 8.27. The molecule has 0 aromatic rings. The van der Waals surface area contributed by atoms with Gasteiger partial charge in [0.2, 0.25) is 0 Å². The Morgan fingerprint density at radius 1 is 1.43 bits per heavy atom. The summed E-state index contributed by atoms with van der Waals surface area (Å²) in [4.78, 5) is 11.0. The number of nitrogens with one attached hydrogen (secondary N) is 2. The predicted molar refractivity (Wildman–Crippen MR) is 54.2 cm³/mol. The van der Waals surface area contributed by atoms with Crippen molar-refractivity contribution in [3.05, 3.63) is 0 Å². The van der Waals surface area contributed by atoms with E-state index in [0.717, 1.165) is 0 Å². The van der Waals surface area contributed by atoms with E-state index in [1.807, 2.05) is 6.92 Å². The molecule has 0 aromatic heterocycles. The molecule has 0 rings (SSSR count). The lowest BCUT2D eigenvalue weighted by molar-refractivity contribution is 0.149. The third-order valence-corrected chi connectivity index (χ3v) is 1.58. The number of hydrogen-bond donors (Lipinski definition) is 3. The molecule has 0 radical (unpaired) electrons. The van der Waals surface area contributed by atoms with Crippen molar-refractivity contribution >= 4 is 6.03 Å². The molecule has 0 aliphatic carbocycles. The van der Waals surface area contributed by atoms with E-state index in [0.29, 0.717) is 32.7 Å². The molecule has 0 fully saturated rings. The number of hydrogen-bond acceptors (Lipinski definition) is 3. The first-order valence-electron chi connectivity index (χ1n) is 4.94. The summed E-state index contributed by atoms with van der Waals surface area (Å²) in [6, 6.07) is -0.217. The van der Waals surface area contributed by atoms with Crippen LogP contribution in [0.1, 0.15) is 20.3 Å². The van der Waals surface area contributed by atoms with Crippen LogP contribution in [-0.2, 0) is 4.74 Å². The molecule has 14 heavy (non-hydrogen) atoms. The monoisotopic (exact) mass is 204 g/mol. The summed E-state index contributed by atoms with van der Waals surface area (Å²) in [5.41, 5.74) is 0. The summed E-state index contributed by atoms with van der Waals surface area (Å²) >= 11 is 0. The van der Waals surface area contributed by atoms with Crippen LogP contribution in [0.2, 0.25) is 0 Å². The van der Waals surface area contributed by atoms with E-state index >= 15 is 0 Å². The van der Waals surface area contributed by atoms with Crippen molar-refractivity contribution in [2.45, 2.75) is 26.4 Å². The average molecular weight is 204 g/mol. The van der Waals surface area contributed by atoms with Crippen molar-refractivity contribution in [3.63, 3.8) is 0 Å². The first kappa shape index (κ1) is 13.2. The highest BCUT2D eigenvalue weighted by atomic mass is 16.5. The van der Waals surface area contributed by atoms with Gasteiger partial charge in [-0.15, -0.1) is 0 Å². The second-order valence-corrected chi connectivity index (χ2v) is 3.02. The highest BCUT2D eigenvalue weighted by molar-refractivity contribution is 5.73. The zero-order valence-electron chi connectivity index (χ0n) is 8.88. The van der Waals surface area contributed by atoms with E-state index in [1.54, 1.807) is 6.92 Å². The maximum atomic E-state index is 11.0. The van der Waals surface area contributed by atoms with Gasteiger partial charge in [-0.25, -0.2) is 4.79 Å². The minimum Gasteiger partial charge on any atom is -0.393 e. The molecule has 0 aromatic carbocycles. The summed E-state index contributed by atoms with van der Waals surface area (Å²) in [6.07, 6.45) is 0.192. The number of amides is 2. The van der Waals surface area contributed by atoms with Crippen molar-refractivity contribution in [2.75, 3.05) is 26.3 Å². The lowest BCUT2D eigenvalue weighted by atomic mass is 10.3. The van der Waals surface area contributed by atoms with Crippen molar-refractivity contribution in [3.8, 4) is 0 Å². The Hall–Kier alpha value is -0.810. The molecule has 0 saturated carbocycles. The van der Waals surface area contributed by atoms with Crippen LogP contribution in [-0.4, -0.2) is 43.5 Å². The van der Waals surface area contributed by atoms with Crippen LogP contribution >= 0.6 is 0 Å². The number of rotatable bonds is 7. The fourth-order valence-electron chi connectivity index (χ4n) is 0.838. The molecular weight excluding hydrogens is 184 g/mol. The number of aliphatic hydroxyl groups excluding tert-OH is 1. The first-order chi connectivity index (χ1) is 6.66. The molecule has 84 valence electrons. The number of ether oxygens (including phenoxy) is 1. The standard InChI is InChI=1S/C9H20N2O3/c1-3-14-7-6-11-9(13)10-5-4-8(2)12/h8,12H,3-7H2,1-2H3,(H2,10,11,13). The third kappa shape index (κ3) is 9.28. The first-order valence-corrected chi connectivity index (χ1v) is 4.94. The Morgan fingerprint density at radius 3 is 2.64 bits per heavy atom. The third-order valence-electron chi connectivity index (χ3n) is 1.58. The van der Waals surface area contributed by atoms with E-state index in [4.69, 9.17) is 9.84 Å². The molecule has 3 N–H and O–H groups in total. The van der Waals surface area contributed by atoms with Crippen LogP contribution in [0, 0.1) is 0 Å². The van der Waals surface area contributed by atoms with Crippen molar-refractivity contribution < 1.29 is 14.6 Å². The molecule has 0 spiro atoms. The van der Waals surface area contributed by atoms with Crippen molar-refractivity contribution in [2.24, 2.45) is 0 Å². The maximum absolute atomic E-state index is 11.0. The van der Waals surface area contributed by atoms with Gasteiger partial charge in [0.1, 0.15) is 0 Å². The molecule has 0 aliphatic heterocycles. The fraction of sp³-hybridized carbons (Fsp3) is 0.889. The predicted octanol–water partition coefficient (Wildman–Crippen LogP) is 0.0930. The second-order valence-electron chi connectivity index (χ2n) is 3.02. The Balaban J connectivity index is 3.20. The van der Waals surface area contributed by atoms with Crippen LogP contribution in [0.5, 0.6) is 0 Å². The van der Waals surface area contributed by atoms with Crippen LogP contribution in [0.3, 0.4) is 0 Å². The number of carbonyl (C=O) groups is 1. The van der Waals surface area contributed by atoms with Gasteiger partial charge in [0.05, 0.1) is 12.7 Å². The van der Waals surface area contributed by atoms with E-state index < -0.39 is 0 Å². The number of carbonyl (C=O) groups excluding carboxylic acids is 1. The van der Waals surface area contributed by atoms with Crippen LogP contribution in [0.15, 0.2) is 0 Å². The SMILES string of the molecule is CCOCCNC(=O)NCCC(C)O. The fourth-order valence-corrected chi connectivity index (χ4v) is 0.838. The number of aliphatic hydroxyl groups is 1. The normalized spacial score (nSPS) is 12.2. The highest BCUT2D eigenvalue weighted by Gasteiger charge is 1.99. The highest BCUT2D eigenvalue weighted by Crippen LogP contribution is 1.85. The average Bonchev–Trinajstić information content (AvgIpc) is 2.12. The van der Waals surface area contributed by atoms with Gasteiger partial charge in [-0.1, -0.05) is 0 Å². The summed E-state index contributed by atoms with van der Waals surface area (Å²) < 4.78 is 5.04. The van der Waals surface area contributed by atoms with Crippen molar-refractivity contribution in [1.29, 1.82) is 0 Å². The molecule has 2 amide bonds. The molecule has 0 heterocycles. The number of urea groups is 1. The molecule has 1 atom stereocenters. The quantitative estimate of drug-likeness (QED) is 0.515. The van der Waals surface area contributed by atoms with Gasteiger partial charge in [0, 0.05) is 19.7 Å². The largest absolute Gasteiger partial charge is 0.393 e. The molecular formula is C9H20N2O3. The van der Waals surface area contributed by atoms with E-state index in [2.05, 4.69) is 10.6 Å². The molecule has 1 unspecified atom stereocenters.